The van der Waals surface area contributed by atoms with Crippen molar-refractivity contribution in [2.24, 2.45) is 0 Å². The topological polar surface area (TPSA) is 27.7 Å². The highest BCUT2D eigenvalue weighted by atomic mass is 16.5. The molecule has 1 aliphatic heterocycles. The summed E-state index contributed by atoms with van der Waals surface area (Å²) in [6.07, 6.45) is 0. The molecule has 1 atom stereocenters. The van der Waals surface area contributed by atoms with Crippen LogP contribution in [0.4, 0.5) is 0 Å². The molecule has 1 saturated heterocycles. The lowest BCUT2D eigenvalue weighted by Gasteiger charge is -2.36. The average Bonchev–Trinajstić information content (AvgIpc) is 2.17. The van der Waals surface area contributed by atoms with Gasteiger partial charge >= 0.3 is 0 Å². The summed E-state index contributed by atoms with van der Waals surface area (Å²) < 4.78 is 5.22. The Labute approximate surface area is 87.2 Å². The molecule has 84 valence electrons. The number of piperazine rings is 1. The maximum absolute atomic E-state index is 5.22. The molecule has 14 heavy (non-hydrogen) atoms. The predicted molar refractivity (Wildman–Crippen MR) is 58.7 cm³/mol. The van der Waals surface area contributed by atoms with E-state index in [9.17, 15) is 0 Å². The van der Waals surface area contributed by atoms with Crippen LogP contribution in [0.2, 0.25) is 0 Å². The molecular weight excluding hydrogens is 178 g/mol. The fraction of sp³-hybridized carbons (Fsp3) is 1.00. The van der Waals surface area contributed by atoms with Gasteiger partial charge in [-0.1, -0.05) is 0 Å². The van der Waals surface area contributed by atoms with E-state index in [0.29, 0.717) is 6.04 Å². The lowest BCUT2D eigenvalue weighted by molar-refractivity contribution is 0.0694. The molecule has 0 spiro atoms. The highest BCUT2D eigenvalue weighted by Gasteiger charge is 2.21. The Morgan fingerprint density at radius 2 is 2.29 bits per heavy atom. The first-order valence-corrected chi connectivity index (χ1v) is 5.32. The number of hydrogen-bond acceptors (Lipinski definition) is 4. The van der Waals surface area contributed by atoms with Gasteiger partial charge in [0.05, 0.1) is 6.61 Å². The summed E-state index contributed by atoms with van der Waals surface area (Å²) in [7, 11) is 6.01. The fourth-order valence-corrected chi connectivity index (χ4v) is 1.78. The van der Waals surface area contributed by atoms with Crippen molar-refractivity contribution in [2.75, 3.05) is 60.5 Å². The molecule has 1 N–H and O–H groups in total. The molecule has 4 heteroatoms. The maximum atomic E-state index is 5.22. The summed E-state index contributed by atoms with van der Waals surface area (Å²) in [5.41, 5.74) is 0. The van der Waals surface area contributed by atoms with Crippen LogP contribution >= 0.6 is 0 Å². The molecule has 0 aromatic carbocycles. The van der Waals surface area contributed by atoms with Gasteiger partial charge in [-0.25, -0.2) is 0 Å². The third kappa shape index (κ3) is 3.92. The van der Waals surface area contributed by atoms with E-state index < -0.39 is 0 Å². The van der Waals surface area contributed by atoms with Crippen LogP contribution in [0.25, 0.3) is 0 Å². The molecule has 0 aliphatic carbocycles. The number of hydrogen-bond donors (Lipinski definition) is 1. The zero-order valence-corrected chi connectivity index (χ0v) is 9.62. The molecule has 1 heterocycles. The molecule has 4 nitrogen and oxygen atoms in total. The normalized spacial score (nSPS) is 24.4. The van der Waals surface area contributed by atoms with E-state index in [-0.39, 0.29) is 0 Å². The molecule has 0 aromatic heterocycles. The van der Waals surface area contributed by atoms with Crippen molar-refractivity contribution in [3.63, 3.8) is 0 Å². The van der Waals surface area contributed by atoms with Gasteiger partial charge in [0, 0.05) is 45.9 Å². The van der Waals surface area contributed by atoms with Gasteiger partial charge < -0.3 is 15.0 Å². The quantitative estimate of drug-likeness (QED) is 0.647. The number of likely N-dealkylation sites (N-methyl/N-ethyl adjacent to an activating group) is 1. The van der Waals surface area contributed by atoms with Crippen LogP contribution < -0.4 is 5.32 Å². The van der Waals surface area contributed by atoms with E-state index >= 15 is 0 Å². The Bertz CT molecular complexity index is 150. The Balaban J connectivity index is 2.30. The van der Waals surface area contributed by atoms with E-state index in [1.165, 1.54) is 0 Å². The van der Waals surface area contributed by atoms with Crippen LogP contribution in [0.15, 0.2) is 0 Å². The van der Waals surface area contributed by atoms with Crippen molar-refractivity contribution in [3.05, 3.63) is 0 Å². The Morgan fingerprint density at radius 3 is 2.93 bits per heavy atom. The smallest absolute Gasteiger partial charge is 0.0630 e. The standard InChI is InChI=1S/C10H23N3O/c1-12(2)6-7-13-5-4-11-8-10(13)9-14-3/h10-11H,4-9H2,1-3H3. The Hall–Kier alpha value is -0.160. The summed E-state index contributed by atoms with van der Waals surface area (Å²) in [5.74, 6) is 0. The minimum atomic E-state index is 0.550. The van der Waals surface area contributed by atoms with E-state index in [0.717, 1.165) is 39.3 Å². The highest BCUT2D eigenvalue weighted by Crippen LogP contribution is 2.03. The number of nitrogens with zero attached hydrogens (tertiary/aromatic N) is 2. The SMILES string of the molecule is COCC1CNCCN1CCN(C)C. The van der Waals surface area contributed by atoms with Gasteiger partial charge in [0.25, 0.3) is 0 Å². The van der Waals surface area contributed by atoms with E-state index in [4.69, 9.17) is 4.74 Å². The summed E-state index contributed by atoms with van der Waals surface area (Å²) in [4.78, 5) is 4.74. The summed E-state index contributed by atoms with van der Waals surface area (Å²) in [6, 6.07) is 0.550. The van der Waals surface area contributed by atoms with Gasteiger partial charge in [0.2, 0.25) is 0 Å². The van der Waals surface area contributed by atoms with Crippen LogP contribution in [0.3, 0.4) is 0 Å². The van der Waals surface area contributed by atoms with E-state index in [2.05, 4.69) is 29.2 Å². The van der Waals surface area contributed by atoms with Crippen LogP contribution in [-0.4, -0.2) is 76.4 Å². The van der Waals surface area contributed by atoms with Crippen LogP contribution in [0.5, 0.6) is 0 Å². The van der Waals surface area contributed by atoms with Gasteiger partial charge in [0.1, 0.15) is 0 Å². The van der Waals surface area contributed by atoms with Crippen LogP contribution in [-0.2, 0) is 4.74 Å². The number of nitrogens with one attached hydrogen (secondary N) is 1. The average molecular weight is 201 g/mol. The van der Waals surface area contributed by atoms with Crippen LogP contribution in [0, 0.1) is 0 Å². The first kappa shape index (κ1) is 11.9. The second kappa shape index (κ2) is 6.35. The van der Waals surface area contributed by atoms with Crippen molar-refractivity contribution in [1.29, 1.82) is 0 Å². The van der Waals surface area contributed by atoms with Gasteiger partial charge in [0.15, 0.2) is 0 Å². The first-order chi connectivity index (χ1) is 6.74. The van der Waals surface area contributed by atoms with Crippen molar-refractivity contribution in [1.82, 2.24) is 15.1 Å². The zero-order chi connectivity index (χ0) is 10.4. The van der Waals surface area contributed by atoms with Gasteiger partial charge in [-0.2, -0.15) is 0 Å². The van der Waals surface area contributed by atoms with E-state index in [1.54, 1.807) is 7.11 Å². The van der Waals surface area contributed by atoms with Crippen LogP contribution in [0.1, 0.15) is 0 Å². The predicted octanol–water partition coefficient (Wildman–Crippen LogP) is -0.532. The molecule has 0 amide bonds. The number of methoxy groups -OCH3 is 1. The molecule has 0 aromatic rings. The lowest BCUT2D eigenvalue weighted by atomic mass is 10.2. The Morgan fingerprint density at radius 1 is 1.50 bits per heavy atom. The number of ether oxygens (including phenoxy) is 1. The zero-order valence-electron chi connectivity index (χ0n) is 9.62. The summed E-state index contributed by atoms with van der Waals surface area (Å²) in [6.45, 7) is 6.40. The largest absolute Gasteiger partial charge is 0.383 e. The van der Waals surface area contributed by atoms with Gasteiger partial charge in [-0.3, -0.25) is 4.90 Å². The molecular formula is C10H23N3O. The molecule has 1 aliphatic rings. The van der Waals surface area contributed by atoms with E-state index in [1.807, 2.05) is 0 Å². The molecule has 1 fully saturated rings. The monoisotopic (exact) mass is 201 g/mol. The Kier molecular flexibility index (Phi) is 5.40. The molecule has 0 saturated carbocycles. The fourth-order valence-electron chi connectivity index (χ4n) is 1.78. The maximum Gasteiger partial charge on any atom is 0.0630 e. The third-order valence-electron chi connectivity index (χ3n) is 2.67. The van der Waals surface area contributed by atoms with Crippen molar-refractivity contribution < 1.29 is 4.74 Å². The first-order valence-electron chi connectivity index (χ1n) is 5.32. The number of rotatable bonds is 5. The highest BCUT2D eigenvalue weighted by molar-refractivity contribution is 4.79. The summed E-state index contributed by atoms with van der Waals surface area (Å²) >= 11 is 0. The van der Waals surface area contributed by atoms with Gasteiger partial charge in [-0.15, -0.1) is 0 Å². The van der Waals surface area contributed by atoms with Crippen molar-refractivity contribution in [2.45, 2.75) is 6.04 Å². The minimum absolute atomic E-state index is 0.550. The molecule has 1 unspecified atom stereocenters. The third-order valence-corrected chi connectivity index (χ3v) is 2.67. The minimum Gasteiger partial charge on any atom is -0.383 e. The lowest BCUT2D eigenvalue weighted by Crippen LogP contribution is -2.54. The second-order valence-corrected chi connectivity index (χ2v) is 4.15. The molecule has 1 rings (SSSR count). The molecule has 0 bridgehead atoms. The second-order valence-electron chi connectivity index (χ2n) is 4.15. The molecule has 0 radical (unpaired) electrons. The summed E-state index contributed by atoms with van der Waals surface area (Å²) in [5, 5.41) is 3.40. The van der Waals surface area contributed by atoms with Gasteiger partial charge in [-0.05, 0) is 14.1 Å². The van der Waals surface area contributed by atoms with Crippen molar-refractivity contribution in [3.8, 4) is 0 Å². The van der Waals surface area contributed by atoms with Crippen molar-refractivity contribution >= 4 is 0 Å².